The number of aromatic nitrogens is 2. The molecule has 1 atom stereocenters. The molecule has 1 heterocycles. The first kappa shape index (κ1) is 13.7. The second kappa shape index (κ2) is 5.93. The zero-order chi connectivity index (χ0) is 13.8. The van der Waals surface area contributed by atoms with Gasteiger partial charge in [-0.3, -0.25) is 4.68 Å². The predicted molar refractivity (Wildman–Crippen MR) is 69.5 cm³/mol. The topological polar surface area (TPSA) is 43.8 Å². The molecule has 0 aliphatic rings. The molecule has 1 aromatic carbocycles. The molecule has 1 unspecified atom stereocenters. The third-order valence-corrected chi connectivity index (χ3v) is 2.91. The molecule has 0 radical (unpaired) electrons. The van der Waals surface area contributed by atoms with E-state index in [0.29, 0.717) is 12.0 Å². The van der Waals surface area contributed by atoms with Crippen molar-refractivity contribution in [3.63, 3.8) is 0 Å². The molecule has 0 aliphatic carbocycles. The number of nitrogens with zero attached hydrogens (tertiary/aromatic N) is 2. The first-order valence-electron chi connectivity index (χ1n) is 6.31. The van der Waals surface area contributed by atoms with E-state index in [-0.39, 0.29) is 6.04 Å². The van der Waals surface area contributed by atoms with E-state index in [1.54, 1.807) is 6.20 Å². The number of hydrogen-bond donors (Lipinski definition) is 1. The van der Waals surface area contributed by atoms with Gasteiger partial charge in [-0.05, 0) is 30.5 Å². The third-order valence-electron chi connectivity index (χ3n) is 2.91. The number of nitrogens with two attached hydrogens (primary N) is 1. The van der Waals surface area contributed by atoms with Gasteiger partial charge in [0.05, 0.1) is 6.20 Å². The van der Waals surface area contributed by atoms with Gasteiger partial charge in [-0.25, -0.2) is 8.78 Å². The first-order chi connectivity index (χ1) is 9.08. The summed E-state index contributed by atoms with van der Waals surface area (Å²) in [7, 11) is 0. The Labute approximate surface area is 111 Å². The van der Waals surface area contributed by atoms with Gasteiger partial charge < -0.3 is 5.73 Å². The van der Waals surface area contributed by atoms with Crippen LogP contribution in [-0.4, -0.2) is 9.78 Å². The van der Waals surface area contributed by atoms with Crippen LogP contribution in [0.3, 0.4) is 0 Å². The minimum atomic E-state index is -0.580. The smallest absolute Gasteiger partial charge is 0.126 e. The van der Waals surface area contributed by atoms with Crippen LogP contribution in [0.15, 0.2) is 30.6 Å². The zero-order valence-electron chi connectivity index (χ0n) is 10.8. The molecule has 102 valence electrons. The van der Waals surface area contributed by atoms with Crippen LogP contribution >= 0.6 is 0 Å². The number of aryl methyl sites for hydroxylation is 1. The fourth-order valence-electron chi connectivity index (χ4n) is 2.02. The molecule has 2 N–H and O–H groups in total. The van der Waals surface area contributed by atoms with Gasteiger partial charge in [0.15, 0.2) is 0 Å². The standard InChI is InChI=1S/C14H17F2N3/c1-2-3-19-9-11(8-18-19)14(17)6-10-4-12(15)7-13(16)5-10/h4-5,7-9,14H,2-3,6,17H2,1H3. The Bertz CT molecular complexity index is 531. The largest absolute Gasteiger partial charge is 0.324 e. The lowest BCUT2D eigenvalue weighted by Gasteiger charge is -2.09. The molecule has 1 aromatic heterocycles. The van der Waals surface area contributed by atoms with Gasteiger partial charge >= 0.3 is 0 Å². The van der Waals surface area contributed by atoms with Crippen LogP contribution in [-0.2, 0) is 13.0 Å². The molecule has 2 rings (SSSR count). The van der Waals surface area contributed by atoms with Gasteiger partial charge in [-0.15, -0.1) is 0 Å². The van der Waals surface area contributed by atoms with Crippen LogP contribution in [0.2, 0.25) is 0 Å². The Balaban J connectivity index is 2.08. The predicted octanol–water partition coefficient (Wildman–Crippen LogP) is 2.81. The van der Waals surface area contributed by atoms with Crippen molar-refractivity contribution in [3.8, 4) is 0 Å². The highest BCUT2D eigenvalue weighted by atomic mass is 19.1. The molecule has 0 saturated carbocycles. The summed E-state index contributed by atoms with van der Waals surface area (Å²) in [4.78, 5) is 0. The van der Waals surface area contributed by atoms with E-state index in [1.807, 2.05) is 10.9 Å². The molecule has 0 fully saturated rings. The SMILES string of the molecule is CCCn1cc(C(N)Cc2cc(F)cc(F)c2)cn1. The number of hydrogen-bond acceptors (Lipinski definition) is 2. The first-order valence-corrected chi connectivity index (χ1v) is 6.31. The van der Waals surface area contributed by atoms with E-state index in [4.69, 9.17) is 5.73 Å². The summed E-state index contributed by atoms with van der Waals surface area (Å²) in [6.07, 6.45) is 4.96. The summed E-state index contributed by atoms with van der Waals surface area (Å²) in [5.74, 6) is -1.16. The average Bonchev–Trinajstić information content (AvgIpc) is 2.76. The second-order valence-electron chi connectivity index (χ2n) is 4.63. The number of rotatable bonds is 5. The molecule has 0 spiro atoms. The lowest BCUT2D eigenvalue weighted by molar-refractivity contribution is 0.576. The van der Waals surface area contributed by atoms with E-state index in [9.17, 15) is 8.78 Å². The van der Waals surface area contributed by atoms with Crippen LogP contribution in [0.5, 0.6) is 0 Å². The lowest BCUT2D eigenvalue weighted by atomic mass is 10.0. The normalized spacial score (nSPS) is 12.6. The van der Waals surface area contributed by atoms with E-state index in [0.717, 1.165) is 24.6 Å². The van der Waals surface area contributed by atoms with Crippen LogP contribution in [0.25, 0.3) is 0 Å². The fourth-order valence-corrected chi connectivity index (χ4v) is 2.02. The van der Waals surface area contributed by atoms with Gasteiger partial charge in [0.25, 0.3) is 0 Å². The highest BCUT2D eigenvalue weighted by molar-refractivity contribution is 5.21. The van der Waals surface area contributed by atoms with Crippen molar-refractivity contribution in [3.05, 3.63) is 53.4 Å². The Kier molecular flexibility index (Phi) is 4.27. The molecule has 0 saturated heterocycles. The Morgan fingerprint density at radius 2 is 1.95 bits per heavy atom. The molecular weight excluding hydrogens is 248 g/mol. The van der Waals surface area contributed by atoms with Gasteiger partial charge in [0.1, 0.15) is 11.6 Å². The molecular formula is C14H17F2N3. The van der Waals surface area contributed by atoms with Crippen LogP contribution in [0, 0.1) is 11.6 Å². The molecule has 19 heavy (non-hydrogen) atoms. The van der Waals surface area contributed by atoms with E-state index >= 15 is 0 Å². The van der Waals surface area contributed by atoms with Crippen molar-refractivity contribution in [2.24, 2.45) is 5.73 Å². The Morgan fingerprint density at radius 1 is 1.26 bits per heavy atom. The minimum absolute atomic E-state index is 0.313. The summed E-state index contributed by atoms with van der Waals surface area (Å²) in [6, 6.07) is 3.15. The zero-order valence-corrected chi connectivity index (χ0v) is 10.8. The lowest BCUT2D eigenvalue weighted by Crippen LogP contribution is -2.13. The highest BCUT2D eigenvalue weighted by Gasteiger charge is 2.11. The third kappa shape index (κ3) is 3.61. The van der Waals surface area contributed by atoms with E-state index < -0.39 is 11.6 Å². The summed E-state index contributed by atoms with van der Waals surface area (Å²) < 4.78 is 28.0. The van der Waals surface area contributed by atoms with Gasteiger partial charge in [-0.1, -0.05) is 6.92 Å². The van der Waals surface area contributed by atoms with Crippen LogP contribution < -0.4 is 5.73 Å². The van der Waals surface area contributed by atoms with Gasteiger partial charge in [-0.2, -0.15) is 5.10 Å². The Hall–Kier alpha value is -1.75. The maximum absolute atomic E-state index is 13.1. The van der Waals surface area contributed by atoms with Gasteiger partial charge in [0, 0.05) is 30.4 Å². The molecule has 2 aromatic rings. The summed E-state index contributed by atoms with van der Waals surface area (Å²) in [5.41, 5.74) is 7.46. The van der Waals surface area contributed by atoms with Crippen molar-refractivity contribution in [1.29, 1.82) is 0 Å². The van der Waals surface area contributed by atoms with Crippen molar-refractivity contribution in [1.82, 2.24) is 9.78 Å². The fraction of sp³-hybridized carbons (Fsp3) is 0.357. The summed E-state index contributed by atoms with van der Waals surface area (Å²) in [5, 5.41) is 4.19. The van der Waals surface area contributed by atoms with Gasteiger partial charge in [0.2, 0.25) is 0 Å². The van der Waals surface area contributed by atoms with Crippen LogP contribution in [0.4, 0.5) is 8.78 Å². The van der Waals surface area contributed by atoms with E-state index in [1.165, 1.54) is 12.1 Å². The second-order valence-corrected chi connectivity index (χ2v) is 4.63. The summed E-state index contributed by atoms with van der Waals surface area (Å²) in [6.45, 7) is 2.90. The summed E-state index contributed by atoms with van der Waals surface area (Å²) >= 11 is 0. The van der Waals surface area contributed by atoms with Crippen LogP contribution in [0.1, 0.15) is 30.5 Å². The number of halogens is 2. The molecule has 5 heteroatoms. The monoisotopic (exact) mass is 265 g/mol. The molecule has 0 amide bonds. The number of benzene rings is 1. The van der Waals surface area contributed by atoms with Crippen molar-refractivity contribution in [2.45, 2.75) is 32.4 Å². The van der Waals surface area contributed by atoms with Crippen molar-refractivity contribution < 1.29 is 8.78 Å². The highest BCUT2D eigenvalue weighted by Crippen LogP contribution is 2.17. The maximum Gasteiger partial charge on any atom is 0.126 e. The quantitative estimate of drug-likeness (QED) is 0.903. The molecule has 0 bridgehead atoms. The van der Waals surface area contributed by atoms with Crippen molar-refractivity contribution >= 4 is 0 Å². The Morgan fingerprint density at radius 3 is 2.58 bits per heavy atom. The van der Waals surface area contributed by atoms with E-state index in [2.05, 4.69) is 12.0 Å². The molecule has 0 aliphatic heterocycles. The molecule has 3 nitrogen and oxygen atoms in total. The minimum Gasteiger partial charge on any atom is -0.324 e. The van der Waals surface area contributed by atoms with Crippen molar-refractivity contribution in [2.75, 3.05) is 0 Å². The average molecular weight is 265 g/mol. The maximum atomic E-state index is 13.1.